The molecule has 1 aromatic carbocycles. The summed E-state index contributed by atoms with van der Waals surface area (Å²) in [6, 6.07) is 7.64. The van der Waals surface area contributed by atoms with Crippen molar-refractivity contribution in [2.24, 2.45) is 5.41 Å². The van der Waals surface area contributed by atoms with Gasteiger partial charge in [-0.3, -0.25) is 0 Å². The molecule has 0 spiro atoms. The van der Waals surface area contributed by atoms with Gasteiger partial charge in [-0.1, -0.05) is 26.8 Å². The van der Waals surface area contributed by atoms with E-state index in [0.717, 1.165) is 13.1 Å². The Morgan fingerprint density at radius 2 is 1.90 bits per heavy atom. The minimum absolute atomic E-state index is 0.545. The lowest BCUT2D eigenvalue weighted by Gasteiger charge is -2.39. The van der Waals surface area contributed by atoms with Gasteiger partial charge in [0.25, 0.3) is 0 Å². The zero-order valence-corrected chi connectivity index (χ0v) is 14.5. The van der Waals surface area contributed by atoms with E-state index in [1.807, 2.05) is 0 Å². The predicted molar refractivity (Wildman–Crippen MR) is 93.0 cm³/mol. The topological polar surface area (TPSA) is 15.3 Å². The van der Waals surface area contributed by atoms with Gasteiger partial charge in [0.1, 0.15) is 0 Å². The van der Waals surface area contributed by atoms with Crippen molar-refractivity contribution in [1.29, 1.82) is 0 Å². The van der Waals surface area contributed by atoms with Crippen LogP contribution in [-0.4, -0.2) is 19.6 Å². The van der Waals surface area contributed by atoms with Crippen LogP contribution in [0.5, 0.6) is 0 Å². The van der Waals surface area contributed by atoms with Gasteiger partial charge in [0.15, 0.2) is 0 Å². The molecule has 118 valence electrons. The Hall–Kier alpha value is -1.02. The molecule has 0 unspecified atom stereocenters. The minimum Gasteiger partial charge on any atom is -0.372 e. The van der Waals surface area contributed by atoms with Crippen LogP contribution in [0, 0.1) is 12.3 Å². The van der Waals surface area contributed by atoms with Gasteiger partial charge in [-0.15, -0.1) is 0 Å². The fourth-order valence-electron chi connectivity index (χ4n) is 3.34. The first-order valence-corrected chi connectivity index (χ1v) is 8.46. The quantitative estimate of drug-likeness (QED) is 0.857. The van der Waals surface area contributed by atoms with Crippen LogP contribution in [0.2, 0.25) is 0 Å². The maximum Gasteiger partial charge on any atom is 0.0368 e. The molecule has 0 radical (unpaired) electrons. The molecule has 1 N–H and O–H groups in total. The molecule has 0 heterocycles. The highest BCUT2D eigenvalue weighted by Gasteiger charge is 2.28. The minimum atomic E-state index is 0.545. The third-order valence-electron chi connectivity index (χ3n) is 5.16. The second kappa shape index (κ2) is 6.83. The summed E-state index contributed by atoms with van der Waals surface area (Å²) in [6.07, 6.45) is 5.34. The summed E-state index contributed by atoms with van der Waals surface area (Å²) in [6.45, 7) is 11.2. The zero-order chi connectivity index (χ0) is 15.5. The highest BCUT2D eigenvalue weighted by molar-refractivity contribution is 5.51. The van der Waals surface area contributed by atoms with Gasteiger partial charge >= 0.3 is 0 Å². The summed E-state index contributed by atoms with van der Waals surface area (Å²) in [7, 11) is 2.27. The van der Waals surface area contributed by atoms with Crippen molar-refractivity contribution in [3.8, 4) is 0 Å². The van der Waals surface area contributed by atoms with Crippen LogP contribution in [0.4, 0.5) is 5.69 Å². The van der Waals surface area contributed by atoms with Crippen LogP contribution in [0.15, 0.2) is 18.2 Å². The van der Waals surface area contributed by atoms with Crippen LogP contribution < -0.4 is 10.2 Å². The van der Waals surface area contributed by atoms with Gasteiger partial charge in [0.05, 0.1) is 0 Å². The number of aryl methyl sites for hydroxylation is 1. The predicted octanol–water partition coefficient (Wildman–Crippen LogP) is 4.51. The molecule has 1 aliphatic rings. The smallest absolute Gasteiger partial charge is 0.0368 e. The molecule has 2 rings (SSSR count). The number of hydrogen-bond acceptors (Lipinski definition) is 2. The number of anilines is 1. The average molecular weight is 288 g/mol. The summed E-state index contributed by atoms with van der Waals surface area (Å²) >= 11 is 0. The van der Waals surface area contributed by atoms with E-state index in [4.69, 9.17) is 0 Å². The van der Waals surface area contributed by atoms with Gasteiger partial charge in [0, 0.05) is 25.3 Å². The average Bonchev–Trinajstić information content (AvgIpc) is 2.45. The molecule has 2 heteroatoms. The third-order valence-corrected chi connectivity index (χ3v) is 5.16. The van der Waals surface area contributed by atoms with Crippen molar-refractivity contribution in [2.75, 3.05) is 18.5 Å². The summed E-state index contributed by atoms with van der Waals surface area (Å²) in [5.74, 6) is 0. The molecule has 0 saturated heterocycles. The maximum atomic E-state index is 3.41. The van der Waals surface area contributed by atoms with E-state index in [-0.39, 0.29) is 0 Å². The highest BCUT2D eigenvalue weighted by atomic mass is 15.1. The van der Waals surface area contributed by atoms with Gasteiger partial charge in [-0.25, -0.2) is 0 Å². The molecule has 1 fully saturated rings. The zero-order valence-electron chi connectivity index (χ0n) is 14.5. The first kappa shape index (κ1) is 16.4. The van der Waals surface area contributed by atoms with E-state index in [1.54, 1.807) is 0 Å². The molecule has 1 aromatic rings. The fraction of sp³-hybridized carbons (Fsp3) is 0.684. The van der Waals surface area contributed by atoms with E-state index in [2.05, 4.69) is 63.2 Å². The summed E-state index contributed by atoms with van der Waals surface area (Å²) in [5.41, 5.74) is 4.73. The molecular formula is C19H32N2. The fourth-order valence-corrected chi connectivity index (χ4v) is 3.34. The Labute approximate surface area is 130 Å². The maximum absolute atomic E-state index is 3.41. The van der Waals surface area contributed by atoms with Crippen LogP contribution >= 0.6 is 0 Å². The van der Waals surface area contributed by atoms with E-state index in [9.17, 15) is 0 Å². The normalized spacial score (nSPS) is 18.7. The molecule has 0 bridgehead atoms. The molecule has 0 aliphatic heterocycles. The second-order valence-electron chi connectivity index (χ2n) is 7.40. The molecular weight excluding hydrogens is 256 g/mol. The van der Waals surface area contributed by atoms with E-state index < -0.39 is 0 Å². The molecule has 21 heavy (non-hydrogen) atoms. The van der Waals surface area contributed by atoms with Crippen molar-refractivity contribution in [1.82, 2.24) is 5.32 Å². The Morgan fingerprint density at radius 3 is 2.48 bits per heavy atom. The summed E-state index contributed by atoms with van der Waals surface area (Å²) < 4.78 is 0. The SMILES string of the molecule is CCNCc1ccc(N(C)C2CCC(C)(C)CC2)cc1C. The Kier molecular flexibility index (Phi) is 5.32. The molecule has 0 atom stereocenters. The standard InChI is InChI=1S/C19H32N2/c1-6-20-14-16-7-8-18(13-15(16)2)21(5)17-9-11-19(3,4)12-10-17/h7-8,13,17,20H,6,9-12,14H2,1-5H3. The molecule has 1 saturated carbocycles. The number of benzene rings is 1. The lowest BCUT2D eigenvalue weighted by Crippen LogP contribution is -2.37. The van der Waals surface area contributed by atoms with Crippen LogP contribution in [0.3, 0.4) is 0 Å². The number of nitrogens with one attached hydrogen (secondary N) is 1. The van der Waals surface area contributed by atoms with Crippen molar-refractivity contribution >= 4 is 5.69 Å². The summed E-state index contributed by atoms with van der Waals surface area (Å²) in [4.78, 5) is 2.50. The molecule has 2 nitrogen and oxygen atoms in total. The van der Waals surface area contributed by atoms with Crippen molar-refractivity contribution in [3.63, 3.8) is 0 Å². The van der Waals surface area contributed by atoms with Gasteiger partial charge in [0.2, 0.25) is 0 Å². The van der Waals surface area contributed by atoms with Crippen LogP contribution in [-0.2, 0) is 6.54 Å². The van der Waals surface area contributed by atoms with Gasteiger partial charge in [-0.2, -0.15) is 0 Å². The van der Waals surface area contributed by atoms with E-state index >= 15 is 0 Å². The molecule has 1 aliphatic carbocycles. The van der Waals surface area contributed by atoms with Crippen molar-refractivity contribution in [3.05, 3.63) is 29.3 Å². The summed E-state index contributed by atoms with van der Waals surface area (Å²) in [5, 5.41) is 3.41. The lowest BCUT2D eigenvalue weighted by atomic mass is 9.75. The van der Waals surface area contributed by atoms with Crippen molar-refractivity contribution < 1.29 is 0 Å². The Balaban J connectivity index is 2.03. The molecule has 0 aromatic heterocycles. The third kappa shape index (κ3) is 4.23. The largest absolute Gasteiger partial charge is 0.372 e. The monoisotopic (exact) mass is 288 g/mol. The first-order chi connectivity index (χ1) is 9.93. The number of nitrogens with zero attached hydrogens (tertiary/aromatic N) is 1. The van der Waals surface area contributed by atoms with Gasteiger partial charge < -0.3 is 10.2 Å². The van der Waals surface area contributed by atoms with E-state index in [0.29, 0.717) is 11.5 Å². The van der Waals surface area contributed by atoms with E-state index in [1.165, 1.54) is 42.5 Å². The Morgan fingerprint density at radius 1 is 1.24 bits per heavy atom. The lowest BCUT2D eigenvalue weighted by molar-refractivity contribution is 0.222. The first-order valence-electron chi connectivity index (χ1n) is 8.46. The number of hydrogen-bond donors (Lipinski definition) is 1. The Bertz CT molecular complexity index is 455. The highest BCUT2D eigenvalue weighted by Crippen LogP contribution is 2.37. The molecule has 0 amide bonds. The number of rotatable bonds is 5. The van der Waals surface area contributed by atoms with Crippen molar-refractivity contribution in [2.45, 2.75) is 66.0 Å². The second-order valence-corrected chi connectivity index (χ2v) is 7.40. The van der Waals surface area contributed by atoms with Crippen LogP contribution in [0.25, 0.3) is 0 Å². The van der Waals surface area contributed by atoms with Crippen LogP contribution in [0.1, 0.15) is 57.6 Å². The van der Waals surface area contributed by atoms with Gasteiger partial charge in [-0.05, 0) is 67.8 Å².